The van der Waals surface area contributed by atoms with Gasteiger partial charge in [-0.1, -0.05) is 0 Å². The topological polar surface area (TPSA) is 18.5 Å². The Labute approximate surface area is 260 Å². The van der Waals surface area contributed by atoms with Gasteiger partial charge in [0.05, 0.1) is 0 Å². The van der Waals surface area contributed by atoms with Crippen LogP contribution < -0.4 is 16.6 Å². The third-order valence-corrected chi connectivity index (χ3v) is 26.3. The minimum absolute atomic E-state index is 0.0781. The summed E-state index contributed by atoms with van der Waals surface area (Å²) in [6.45, 7) is 20.1. The summed E-state index contributed by atoms with van der Waals surface area (Å²) in [7, 11) is -5.11. The fourth-order valence-electron chi connectivity index (χ4n) is 5.19. The van der Waals surface area contributed by atoms with Gasteiger partial charge in [0.25, 0.3) is 0 Å². The van der Waals surface area contributed by atoms with Crippen LogP contribution in [0.1, 0.15) is 54.4 Å². The van der Waals surface area contributed by atoms with Crippen molar-refractivity contribution in [2.24, 2.45) is 0 Å². The molecule has 232 valence electrons. The van der Waals surface area contributed by atoms with Crippen LogP contribution in [0, 0.1) is 23.3 Å². The molecule has 0 fully saturated rings. The average Bonchev–Trinajstić information content (AvgIpc) is 3.60. The quantitative estimate of drug-likeness (QED) is 0.207. The van der Waals surface area contributed by atoms with Crippen molar-refractivity contribution >= 4 is 24.4 Å². The predicted molar refractivity (Wildman–Crippen MR) is 171 cm³/mol. The van der Waals surface area contributed by atoms with E-state index in [-0.39, 0.29) is 29.3 Å². The molecule has 0 radical (unpaired) electrons. The molecule has 0 bridgehead atoms. The molecule has 0 atom stereocenters. The average molecular weight is 665 g/mol. The Morgan fingerprint density at radius 2 is 0.953 bits per heavy atom. The number of halogens is 4. The first-order valence-corrected chi connectivity index (χ1v) is 23.8. The van der Waals surface area contributed by atoms with Crippen molar-refractivity contribution in [3.8, 4) is 11.5 Å². The maximum absolute atomic E-state index is 17.1. The van der Waals surface area contributed by atoms with Gasteiger partial charge in [-0.05, 0) is 0 Å². The van der Waals surface area contributed by atoms with E-state index in [0.29, 0.717) is 20.6 Å². The van der Waals surface area contributed by atoms with Gasteiger partial charge in [-0.3, -0.25) is 0 Å². The van der Waals surface area contributed by atoms with E-state index in [2.05, 4.69) is 0 Å². The van der Waals surface area contributed by atoms with Gasteiger partial charge in [-0.25, -0.2) is 0 Å². The standard InChI is InChI=1S/2C12H17F2OSi.2C5H5.Ti/c2*1-12(2,3)16(4,5)15-11-7-6-9(13)8-10(11)14;2*1-2-4-5-3-1;/h2*6-7H,1-5H3;2*1-3H,4H2;. The molecule has 0 saturated heterocycles. The first-order chi connectivity index (χ1) is 19.8. The molecule has 2 aliphatic carbocycles. The summed E-state index contributed by atoms with van der Waals surface area (Å²) in [5, 5.41) is -0.508. The summed E-state index contributed by atoms with van der Waals surface area (Å²) in [5.74, 6) is -3.55. The molecule has 43 heavy (non-hydrogen) atoms. The molecular formula is C34H44F4O2Si2Ti. The van der Waals surface area contributed by atoms with E-state index in [1.165, 1.54) is 24.3 Å². The first kappa shape index (κ1) is 33.8. The summed E-state index contributed by atoms with van der Waals surface area (Å²) in [5.41, 5.74) is 0. The van der Waals surface area contributed by atoms with E-state index < -0.39 is 56.5 Å². The van der Waals surface area contributed by atoms with Crippen molar-refractivity contribution in [3.05, 3.63) is 91.7 Å². The maximum atomic E-state index is 17.1. The molecule has 0 aromatic heterocycles. The zero-order valence-corrected chi connectivity index (χ0v) is 30.6. The number of rotatable bonds is 8. The second kappa shape index (κ2) is 11.7. The Morgan fingerprint density at radius 1 is 0.605 bits per heavy atom. The molecule has 0 N–H and O–H groups in total. The number of allylic oxidation sites excluding steroid dienone is 8. The van der Waals surface area contributed by atoms with Crippen LogP contribution in [0.2, 0.25) is 36.3 Å². The van der Waals surface area contributed by atoms with Crippen molar-refractivity contribution in [1.82, 2.24) is 0 Å². The summed E-state index contributed by atoms with van der Waals surface area (Å²) in [6.07, 6.45) is 11.6. The SMILES string of the molecule is CC(C)(C)[Si](C)(C)Oc1ccc(F)[c]([Ti]([C]2=CC=CC2)([C]2=CC=CC2)[c]2c(F)ccc(O[Si](C)(C)C(C)(C)C)c2F)c1F. The van der Waals surface area contributed by atoms with Crippen molar-refractivity contribution in [3.63, 3.8) is 0 Å². The van der Waals surface area contributed by atoms with Gasteiger partial charge in [0.2, 0.25) is 0 Å². The van der Waals surface area contributed by atoms with Gasteiger partial charge in [0.15, 0.2) is 0 Å². The van der Waals surface area contributed by atoms with Crippen molar-refractivity contribution in [2.45, 2.75) is 90.6 Å². The van der Waals surface area contributed by atoms with Crippen LogP contribution in [0.15, 0.2) is 68.5 Å². The molecule has 9 heteroatoms. The van der Waals surface area contributed by atoms with E-state index in [1.807, 2.05) is 79.9 Å². The van der Waals surface area contributed by atoms with E-state index in [0.717, 1.165) is 0 Å². The minimum atomic E-state index is -4.99. The molecule has 0 aliphatic heterocycles. The Hall–Kier alpha value is -2.13. The van der Waals surface area contributed by atoms with Gasteiger partial charge in [-0.2, -0.15) is 0 Å². The summed E-state index contributed by atoms with van der Waals surface area (Å²) >= 11 is -4.99. The van der Waals surface area contributed by atoms with Crippen LogP contribution in [0.4, 0.5) is 17.6 Å². The molecule has 2 aromatic rings. The Morgan fingerprint density at radius 3 is 1.23 bits per heavy atom. The predicted octanol–water partition coefficient (Wildman–Crippen LogP) is 9.80. The monoisotopic (exact) mass is 664 g/mol. The first-order valence-electron chi connectivity index (χ1n) is 14.8. The summed E-state index contributed by atoms with van der Waals surface area (Å²) < 4.78 is 80.4. The molecule has 0 spiro atoms. The fourth-order valence-corrected chi connectivity index (χ4v) is 15.5. The van der Waals surface area contributed by atoms with Gasteiger partial charge in [0, 0.05) is 0 Å². The van der Waals surface area contributed by atoms with E-state index in [9.17, 15) is 0 Å². The van der Waals surface area contributed by atoms with Gasteiger partial charge < -0.3 is 0 Å². The van der Waals surface area contributed by atoms with Crippen LogP contribution in [0.3, 0.4) is 0 Å². The number of benzene rings is 2. The summed E-state index contributed by atoms with van der Waals surface area (Å²) in [6, 6.07) is 5.01. The molecular weight excluding hydrogens is 620 g/mol. The van der Waals surface area contributed by atoms with Crippen molar-refractivity contribution in [2.75, 3.05) is 0 Å². The van der Waals surface area contributed by atoms with Gasteiger partial charge in [0.1, 0.15) is 0 Å². The molecule has 2 aromatic carbocycles. The van der Waals surface area contributed by atoms with Crippen LogP contribution in [-0.4, -0.2) is 16.6 Å². The van der Waals surface area contributed by atoms with E-state index >= 15 is 17.6 Å². The second-order valence-electron chi connectivity index (χ2n) is 14.6. The molecule has 0 amide bonds. The number of hydrogen-bond acceptors (Lipinski definition) is 2. The zero-order chi connectivity index (χ0) is 32.2. The van der Waals surface area contributed by atoms with Crippen LogP contribution in [-0.2, 0) is 16.6 Å². The molecule has 4 rings (SSSR count). The van der Waals surface area contributed by atoms with Crippen LogP contribution >= 0.6 is 0 Å². The molecule has 0 unspecified atom stereocenters. The van der Waals surface area contributed by atoms with E-state index in [4.69, 9.17) is 8.85 Å². The van der Waals surface area contributed by atoms with Crippen LogP contribution in [0.5, 0.6) is 11.5 Å². The Balaban J connectivity index is 2.11. The van der Waals surface area contributed by atoms with E-state index in [1.54, 1.807) is 24.3 Å². The fraction of sp³-hybridized carbons (Fsp3) is 0.412. The van der Waals surface area contributed by atoms with Gasteiger partial charge in [-0.15, -0.1) is 0 Å². The second-order valence-corrected chi connectivity index (χ2v) is 30.0. The number of hydrogen-bond donors (Lipinski definition) is 0. The van der Waals surface area contributed by atoms with Crippen molar-refractivity contribution < 1.29 is 43.0 Å². The van der Waals surface area contributed by atoms with Crippen molar-refractivity contribution in [1.29, 1.82) is 0 Å². The third-order valence-electron chi connectivity index (χ3n) is 9.71. The third kappa shape index (κ3) is 5.97. The molecule has 0 heterocycles. The molecule has 0 saturated carbocycles. The van der Waals surface area contributed by atoms with Gasteiger partial charge >= 0.3 is 261 Å². The normalized spacial score (nSPS) is 16.0. The Bertz CT molecular complexity index is 1430. The molecule has 2 aliphatic rings. The van der Waals surface area contributed by atoms with Crippen LogP contribution in [0.25, 0.3) is 0 Å². The zero-order valence-electron chi connectivity index (χ0n) is 27.0. The summed E-state index contributed by atoms with van der Waals surface area (Å²) in [4.78, 5) is 0. The Kier molecular flexibility index (Phi) is 9.15. The molecule has 2 nitrogen and oxygen atoms in total.